The van der Waals surface area contributed by atoms with E-state index in [1.807, 2.05) is 43.3 Å². The van der Waals surface area contributed by atoms with Crippen molar-refractivity contribution in [2.24, 2.45) is 0 Å². The number of aromatic nitrogens is 2. The summed E-state index contributed by atoms with van der Waals surface area (Å²) in [5, 5.41) is 13.4. The molecular formula is C25H26N4O4. The molecule has 1 heterocycles. The third kappa shape index (κ3) is 5.57. The SMILES string of the molecule is CCOc1ccc(N(CCC#N)C(=O)COC(=O)c2c(C)nn(-c3ccccc3)c2C)cc1. The minimum atomic E-state index is -0.618. The van der Waals surface area contributed by atoms with Gasteiger partial charge in [-0.05, 0) is 57.2 Å². The van der Waals surface area contributed by atoms with Crippen molar-refractivity contribution in [3.63, 3.8) is 0 Å². The van der Waals surface area contributed by atoms with Gasteiger partial charge in [0.2, 0.25) is 0 Å². The Hall–Kier alpha value is -4.12. The topological polar surface area (TPSA) is 97.4 Å². The van der Waals surface area contributed by atoms with Gasteiger partial charge in [0.15, 0.2) is 6.61 Å². The van der Waals surface area contributed by atoms with Gasteiger partial charge in [0, 0.05) is 12.2 Å². The lowest BCUT2D eigenvalue weighted by Crippen LogP contribution is -2.35. The summed E-state index contributed by atoms with van der Waals surface area (Å²) in [6.45, 7) is 5.66. The number of aryl methyl sites for hydroxylation is 1. The summed E-state index contributed by atoms with van der Waals surface area (Å²) in [7, 11) is 0. The highest BCUT2D eigenvalue weighted by atomic mass is 16.5. The van der Waals surface area contributed by atoms with Crippen LogP contribution in [-0.4, -0.2) is 41.4 Å². The predicted octanol–water partition coefficient (Wildman–Crippen LogP) is 3.99. The predicted molar refractivity (Wildman–Crippen MR) is 124 cm³/mol. The van der Waals surface area contributed by atoms with E-state index in [1.54, 1.807) is 42.8 Å². The van der Waals surface area contributed by atoms with Gasteiger partial charge < -0.3 is 14.4 Å². The summed E-state index contributed by atoms with van der Waals surface area (Å²) < 4.78 is 12.5. The number of carbonyl (C=O) groups excluding carboxylic acids is 2. The number of carbonyl (C=O) groups is 2. The van der Waals surface area contributed by atoms with E-state index in [2.05, 4.69) is 5.10 Å². The molecule has 0 N–H and O–H groups in total. The minimum absolute atomic E-state index is 0.148. The second-order valence-electron chi connectivity index (χ2n) is 7.25. The molecule has 0 bridgehead atoms. The van der Waals surface area contributed by atoms with E-state index in [-0.39, 0.29) is 13.0 Å². The average Bonchev–Trinajstić information content (AvgIpc) is 3.13. The molecule has 1 aromatic heterocycles. The molecule has 3 aromatic rings. The van der Waals surface area contributed by atoms with Crippen LogP contribution in [0, 0.1) is 25.2 Å². The van der Waals surface area contributed by atoms with Gasteiger partial charge in [-0.1, -0.05) is 18.2 Å². The van der Waals surface area contributed by atoms with Gasteiger partial charge in [-0.15, -0.1) is 0 Å². The van der Waals surface area contributed by atoms with Crippen LogP contribution in [0.5, 0.6) is 5.75 Å². The number of anilines is 1. The first-order valence-electron chi connectivity index (χ1n) is 10.6. The van der Waals surface area contributed by atoms with Crippen LogP contribution in [0.4, 0.5) is 5.69 Å². The van der Waals surface area contributed by atoms with Crippen LogP contribution in [0.3, 0.4) is 0 Å². The van der Waals surface area contributed by atoms with Crippen LogP contribution in [0.25, 0.3) is 5.69 Å². The zero-order chi connectivity index (χ0) is 23.8. The Bertz CT molecular complexity index is 1150. The Morgan fingerprint density at radius 3 is 2.42 bits per heavy atom. The average molecular weight is 447 g/mol. The molecule has 0 fully saturated rings. The van der Waals surface area contributed by atoms with Crippen molar-refractivity contribution in [3.8, 4) is 17.5 Å². The molecule has 8 nitrogen and oxygen atoms in total. The van der Waals surface area contributed by atoms with Crippen LogP contribution in [-0.2, 0) is 9.53 Å². The highest BCUT2D eigenvalue weighted by Crippen LogP contribution is 2.21. The number of amides is 1. The van der Waals surface area contributed by atoms with Crippen molar-refractivity contribution in [3.05, 3.63) is 71.5 Å². The first-order valence-corrected chi connectivity index (χ1v) is 10.6. The highest BCUT2D eigenvalue weighted by molar-refractivity contribution is 5.98. The van der Waals surface area contributed by atoms with Gasteiger partial charge in [-0.25, -0.2) is 9.48 Å². The lowest BCUT2D eigenvalue weighted by Gasteiger charge is -2.22. The minimum Gasteiger partial charge on any atom is -0.494 e. The normalized spacial score (nSPS) is 10.4. The Kier molecular flexibility index (Phi) is 7.82. The molecule has 1 amide bonds. The van der Waals surface area contributed by atoms with Crippen molar-refractivity contribution in [2.75, 3.05) is 24.7 Å². The van der Waals surface area contributed by atoms with Gasteiger partial charge in [0.1, 0.15) is 11.3 Å². The van der Waals surface area contributed by atoms with E-state index in [4.69, 9.17) is 14.7 Å². The van der Waals surface area contributed by atoms with E-state index in [0.717, 1.165) is 5.69 Å². The Morgan fingerprint density at radius 2 is 1.79 bits per heavy atom. The molecule has 0 saturated carbocycles. The Balaban J connectivity index is 1.73. The number of rotatable bonds is 9. The second kappa shape index (κ2) is 11.0. The quantitative estimate of drug-likeness (QED) is 0.461. The van der Waals surface area contributed by atoms with Gasteiger partial charge >= 0.3 is 5.97 Å². The van der Waals surface area contributed by atoms with Crippen LogP contribution >= 0.6 is 0 Å². The fraction of sp³-hybridized carbons (Fsp3) is 0.280. The fourth-order valence-electron chi connectivity index (χ4n) is 3.48. The second-order valence-corrected chi connectivity index (χ2v) is 7.25. The fourth-order valence-corrected chi connectivity index (χ4v) is 3.48. The van der Waals surface area contributed by atoms with E-state index in [9.17, 15) is 9.59 Å². The maximum atomic E-state index is 12.9. The molecule has 0 aliphatic heterocycles. The standard InChI is InChI=1S/C25H26N4O4/c1-4-32-22-13-11-20(12-14-22)28(16-8-15-26)23(30)17-33-25(31)24-18(2)27-29(19(24)3)21-9-6-5-7-10-21/h5-7,9-14H,4,8,16-17H2,1-3H3. The third-order valence-electron chi connectivity index (χ3n) is 5.03. The van der Waals surface area contributed by atoms with E-state index in [1.165, 1.54) is 4.90 Å². The summed E-state index contributed by atoms with van der Waals surface area (Å²) in [5.41, 5.74) is 2.90. The summed E-state index contributed by atoms with van der Waals surface area (Å²) in [6.07, 6.45) is 0.148. The molecule has 3 rings (SSSR count). The monoisotopic (exact) mass is 446 g/mol. The maximum Gasteiger partial charge on any atom is 0.342 e. The van der Waals surface area contributed by atoms with E-state index in [0.29, 0.717) is 35.0 Å². The molecule has 2 aromatic carbocycles. The first-order chi connectivity index (χ1) is 16.0. The van der Waals surface area contributed by atoms with Crippen LogP contribution in [0.2, 0.25) is 0 Å². The Morgan fingerprint density at radius 1 is 1.09 bits per heavy atom. The molecule has 0 aliphatic carbocycles. The molecule has 0 spiro atoms. The number of nitriles is 1. The van der Waals surface area contributed by atoms with Crippen LogP contribution in [0.1, 0.15) is 35.1 Å². The van der Waals surface area contributed by atoms with Gasteiger partial charge in [0.25, 0.3) is 5.91 Å². The highest BCUT2D eigenvalue weighted by Gasteiger charge is 2.23. The van der Waals surface area contributed by atoms with Crippen LogP contribution in [0.15, 0.2) is 54.6 Å². The lowest BCUT2D eigenvalue weighted by molar-refractivity contribution is -0.121. The molecule has 0 aliphatic rings. The summed E-state index contributed by atoms with van der Waals surface area (Å²) in [6, 6.07) is 18.5. The van der Waals surface area contributed by atoms with Crippen molar-refractivity contribution in [1.82, 2.24) is 9.78 Å². The molecular weight excluding hydrogens is 420 g/mol. The summed E-state index contributed by atoms with van der Waals surface area (Å²) >= 11 is 0. The number of ether oxygens (including phenoxy) is 2. The van der Waals surface area contributed by atoms with Gasteiger partial charge in [0.05, 0.1) is 36.2 Å². The molecule has 8 heteroatoms. The Labute approximate surface area is 193 Å². The number of hydrogen-bond acceptors (Lipinski definition) is 6. The summed E-state index contributed by atoms with van der Waals surface area (Å²) in [4.78, 5) is 27.1. The molecule has 0 atom stereocenters. The lowest BCUT2D eigenvalue weighted by atomic mass is 10.2. The van der Waals surface area contributed by atoms with Crippen LogP contribution < -0.4 is 9.64 Å². The molecule has 0 saturated heterocycles. The van der Waals surface area contributed by atoms with E-state index >= 15 is 0 Å². The maximum absolute atomic E-state index is 12.9. The third-order valence-corrected chi connectivity index (χ3v) is 5.03. The number of nitrogens with zero attached hydrogens (tertiary/aromatic N) is 4. The number of hydrogen-bond donors (Lipinski definition) is 0. The first kappa shape index (κ1) is 23.5. The van der Waals surface area contributed by atoms with Crippen molar-refractivity contribution < 1.29 is 19.1 Å². The molecule has 0 radical (unpaired) electrons. The van der Waals surface area contributed by atoms with Gasteiger partial charge in [-0.3, -0.25) is 4.79 Å². The van der Waals surface area contributed by atoms with Crippen molar-refractivity contribution >= 4 is 17.6 Å². The summed E-state index contributed by atoms with van der Waals surface area (Å²) in [5.74, 6) is -0.359. The zero-order valence-corrected chi connectivity index (χ0v) is 18.9. The number of para-hydroxylation sites is 1. The van der Waals surface area contributed by atoms with Crippen molar-refractivity contribution in [1.29, 1.82) is 5.26 Å². The smallest absolute Gasteiger partial charge is 0.342 e. The zero-order valence-electron chi connectivity index (χ0n) is 18.9. The molecule has 33 heavy (non-hydrogen) atoms. The molecule has 0 unspecified atom stereocenters. The number of esters is 1. The largest absolute Gasteiger partial charge is 0.494 e. The van der Waals surface area contributed by atoms with Gasteiger partial charge in [-0.2, -0.15) is 10.4 Å². The van der Waals surface area contributed by atoms with Crippen molar-refractivity contribution in [2.45, 2.75) is 27.2 Å². The number of benzene rings is 2. The van der Waals surface area contributed by atoms with E-state index < -0.39 is 18.5 Å². The molecule has 170 valence electrons.